The molecule has 0 spiro atoms. The van der Waals surface area contributed by atoms with Crippen LogP contribution in [0.25, 0.3) is 0 Å². The smallest absolute Gasteiger partial charge is 0.255 e. The highest BCUT2D eigenvalue weighted by molar-refractivity contribution is 5.97. The van der Waals surface area contributed by atoms with Crippen molar-refractivity contribution in [2.75, 3.05) is 20.8 Å². The van der Waals surface area contributed by atoms with Crippen molar-refractivity contribution in [2.24, 2.45) is 0 Å². The van der Waals surface area contributed by atoms with Crippen LogP contribution in [-0.2, 0) is 0 Å². The van der Waals surface area contributed by atoms with E-state index in [0.717, 1.165) is 11.3 Å². The first-order chi connectivity index (χ1) is 11.6. The van der Waals surface area contributed by atoms with Crippen LogP contribution in [0.5, 0.6) is 17.2 Å². The quantitative estimate of drug-likeness (QED) is 0.843. The van der Waals surface area contributed by atoms with Crippen molar-refractivity contribution in [3.8, 4) is 17.2 Å². The molecule has 1 unspecified atom stereocenters. The molecular weight excluding hydrogens is 306 g/mol. The molecule has 0 aliphatic carbocycles. The standard InChI is InChI=1S/C19H23NO4/c1-5-24-15-8-6-14(7-9-15)13(2)20-19(21)17-12-16(22-3)10-11-18(17)23-4/h6-13H,5H2,1-4H3,(H,20,21). The minimum Gasteiger partial charge on any atom is -0.497 e. The summed E-state index contributed by atoms with van der Waals surface area (Å²) < 4.78 is 15.9. The fourth-order valence-corrected chi connectivity index (χ4v) is 2.37. The van der Waals surface area contributed by atoms with E-state index in [0.29, 0.717) is 23.7 Å². The first kappa shape index (κ1) is 17.7. The maximum atomic E-state index is 12.6. The Morgan fingerprint density at radius 1 is 1.04 bits per heavy atom. The highest BCUT2D eigenvalue weighted by Gasteiger charge is 2.16. The Kier molecular flexibility index (Phi) is 6.07. The SMILES string of the molecule is CCOc1ccc(C(C)NC(=O)c2cc(OC)ccc2OC)cc1. The summed E-state index contributed by atoms with van der Waals surface area (Å²) in [6.45, 7) is 4.50. The van der Waals surface area contributed by atoms with Gasteiger partial charge in [-0.05, 0) is 49.7 Å². The van der Waals surface area contributed by atoms with Gasteiger partial charge in [0, 0.05) is 0 Å². The number of rotatable bonds is 7. The predicted octanol–water partition coefficient (Wildman–Crippen LogP) is 3.59. The summed E-state index contributed by atoms with van der Waals surface area (Å²) in [7, 11) is 3.10. The molecule has 5 nitrogen and oxygen atoms in total. The van der Waals surface area contributed by atoms with Gasteiger partial charge in [0.25, 0.3) is 5.91 Å². The van der Waals surface area contributed by atoms with Gasteiger partial charge >= 0.3 is 0 Å². The molecule has 0 bridgehead atoms. The average molecular weight is 329 g/mol. The van der Waals surface area contributed by atoms with Gasteiger partial charge < -0.3 is 19.5 Å². The molecule has 1 amide bonds. The molecule has 0 aliphatic heterocycles. The second-order valence-corrected chi connectivity index (χ2v) is 5.26. The van der Waals surface area contributed by atoms with Crippen LogP contribution in [0.1, 0.15) is 35.8 Å². The molecule has 0 fully saturated rings. The van der Waals surface area contributed by atoms with Crippen molar-refractivity contribution in [1.82, 2.24) is 5.32 Å². The fraction of sp³-hybridized carbons (Fsp3) is 0.316. The Morgan fingerprint density at radius 2 is 1.71 bits per heavy atom. The van der Waals surface area contributed by atoms with Crippen LogP contribution in [0.15, 0.2) is 42.5 Å². The third-order valence-corrected chi connectivity index (χ3v) is 3.69. The molecule has 0 radical (unpaired) electrons. The number of hydrogen-bond donors (Lipinski definition) is 1. The van der Waals surface area contributed by atoms with Crippen molar-refractivity contribution in [2.45, 2.75) is 19.9 Å². The Morgan fingerprint density at radius 3 is 2.29 bits per heavy atom. The van der Waals surface area contributed by atoms with E-state index in [1.807, 2.05) is 38.1 Å². The lowest BCUT2D eigenvalue weighted by molar-refractivity contribution is 0.0936. The number of carbonyl (C=O) groups is 1. The van der Waals surface area contributed by atoms with E-state index >= 15 is 0 Å². The lowest BCUT2D eigenvalue weighted by atomic mass is 10.1. The molecule has 1 atom stereocenters. The third kappa shape index (κ3) is 4.19. The summed E-state index contributed by atoms with van der Waals surface area (Å²) in [4.78, 5) is 12.6. The van der Waals surface area contributed by atoms with E-state index < -0.39 is 0 Å². The molecule has 24 heavy (non-hydrogen) atoms. The highest BCUT2D eigenvalue weighted by Crippen LogP contribution is 2.25. The molecule has 2 rings (SSSR count). The first-order valence-corrected chi connectivity index (χ1v) is 7.84. The zero-order valence-corrected chi connectivity index (χ0v) is 14.5. The third-order valence-electron chi connectivity index (χ3n) is 3.69. The van der Waals surface area contributed by atoms with Gasteiger partial charge in [-0.3, -0.25) is 4.79 Å². The van der Waals surface area contributed by atoms with E-state index in [-0.39, 0.29) is 11.9 Å². The number of carbonyl (C=O) groups excluding carboxylic acids is 1. The molecular formula is C19H23NO4. The Labute approximate surface area is 142 Å². The van der Waals surface area contributed by atoms with Gasteiger partial charge in [-0.15, -0.1) is 0 Å². The monoisotopic (exact) mass is 329 g/mol. The molecule has 0 heterocycles. The van der Waals surface area contributed by atoms with Crippen molar-refractivity contribution >= 4 is 5.91 Å². The lowest BCUT2D eigenvalue weighted by Gasteiger charge is -2.16. The van der Waals surface area contributed by atoms with Gasteiger partial charge in [0.2, 0.25) is 0 Å². The van der Waals surface area contributed by atoms with Crippen LogP contribution < -0.4 is 19.5 Å². The lowest BCUT2D eigenvalue weighted by Crippen LogP contribution is -2.27. The van der Waals surface area contributed by atoms with Crippen LogP contribution in [-0.4, -0.2) is 26.7 Å². The number of amides is 1. The average Bonchev–Trinajstić information content (AvgIpc) is 2.61. The molecule has 128 valence electrons. The molecule has 0 aliphatic rings. The van der Waals surface area contributed by atoms with Crippen LogP contribution in [0.2, 0.25) is 0 Å². The van der Waals surface area contributed by atoms with Crippen LogP contribution in [0.3, 0.4) is 0 Å². The van der Waals surface area contributed by atoms with E-state index in [1.165, 1.54) is 7.11 Å². The van der Waals surface area contributed by atoms with E-state index in [1.54, 1.807) is 25.3 Å². The van der Waals surface area contributed by atoms with Crippen LogP contribution >= 0.6 is 0 Å². The normalized spacial score (nSPS) is 11.5. The summed E-state index contributed by atoms with van der Waals surface area (Å²) in [5, 5.41) is 2.97. The zero-order chi connectivity index (χ0) is 17.5. The van der Waals surface area contributed by atoms with E-state index in [9.17, 15) is 4.79 Å². The number of methoxy groups -OCH3 is 2. The number of ether oxygens (including phenoxy) is 3. The summed E-state index contributed by atoms with van der Waals surface area (Å²) in [5.41, 5.74) is 1.43. The summed E-state index contributed by atoms with van der Waals surface area (Å²) in [6.07, 6.45) is 0. The number of benzene rings is 2. The molecule has 2 aromatic carbocycles. The van der Waals surface area contributed by atoms with Gasteiger partial charge in [-0.25, -0.2) is 0 Å². The predicted molar refractivity (Wildman–Crippen MR) is 93.0 cm³/mol. The second-order valence-electron chi connectivity index (χ2n) is 5.26. The van der Waals surface area contributed by atoms with Crippen LogP contribution in [0, 0.1) is 0 Å². The summed E-state index contributed by atoms with van der Waals surface area (Å²) >= 11 is 0. The number of hydrogen-bond acceptors (Lipinski definition) is 4. The van der Waals surface area contributed by atoms with Crippen molar-refractivity contribution < 1.29 is 19.0 Å². The number of nitrogens with one attached hydrogen (secondary N) is 1. The maximum Gasteiger partial charge on any atom is 0.255 e. The largest absolute Gasteiger partial charge is 0.497 e. The summed E-state index contributed by atoms with van der Waals surface area (Å²) in [6, 6.07) is 12.7. The van der Waals surface area contributed by atoms with Crippen molar-refractivity contribution in [3.63, 3.8) is 0 Å². The minimum atomic E-state index is -0.216. The van der Waals surface area contributed by atoms with Gasteiger partial charge in [0.1, 0.15) is 17.2 Å². The van der Waals surface area contributed by atoms with Gasteiger partial charge in [0.15, 0.2) is 0 Å². The second kappa shape index (κ2) is 8.24. The molecule has 2 aromatic rings. The van der Waals surface area contributed by atoms with Gasteiger partial charge in [-0.2, -0.15) is 0 Å². The fourth-order valence-electron chi connectivity index (χ4n) is 2.37. The molecule has 1 N–H and O–H groups in total. The molecule has 0 saturated carbocycles. The first-order valence-electron chi connectivity index (χ1n) is 7.84. The molecule has 0 saturated heterocycles. The maximum absolute atomic E-state index is 12.6. The van der Waals surface area contributed by atoms with Crippen molar-refractivity contribution in [1.29, 1.82) is 0 Å². The molecule has 0 aromatic heterocycles. The van der Waals surface area contributed by atoms with Crippen LogP contribution in [0.4, 0.5) is 0 Å². The van der Waals surface area contributed by atoms with Gasteiger partial charge in [-0.1, -0.05) is 12.1 Å². The van der Waals surface area contributed by atoms with Gasteiger partial charge in [0.05, 0.1) is 32.4 Å². The van der Waals surface area contributed by atoms with E-state index in [4.69, 9.17) is 14.2 Å². The molecule has 5 heteroatoms. The Hall–Kier alpha value is -2.69. The Bertz CT molecular complexity index is 682. The minimum absolute atomic E-state index is 0.149. The topological polar surface area (TPSA) is 56.8 Å². The van der Waals surface area contributed by atoms with Crippen molar-refractivity contribution in [3.05, 3.63) is 53.6 Å². The highest BCUT2D eigenvalue weighted by atomic mass is 16.5. The summed E-state index contributed by atoms with van der Waals surface area (Å²) in [5.74, 6) is 1.71. The zero-order valence-electron chi connectivity index (χ0n) is 14.5. The van der Waals surface area contributed by atoms with E-state index in [2.05, 4.69) is 5.32 Å². The Balaban J connectivity index is 2.13.